The molecular formula is C19H21FN6O4. The van der Waals surface area contributed by atoms with Crippen molar-refractivity contribution < 1.29 is 19.2 Å². The molecule has 0 aliphatic rings. The van der Waals surface area contributed by atoms with Gasteiger partial charge in [-0.3, -0.25) is 15.2 Å². The molecule has 10 nitrogen and oxygen atoms in total. The lowest BCUT2D eigenvalue weighted by atomic mass is 10.1. The molecule has 0 saturated heterocycles. The van der Waals surface area contributed by atoms with Crippen molar-refractivity contribution in [2.45, 2.75) is 26.0 Å². The first kappa shape index (κ1) is 21.0. The predicted molar refractivity (Wildman–Crippen MR) is 108 cm³/mol. The summed E-state index contributed by atoms with van der Waals surface area (Å²) in [5, 5.41) is 33.6. The van der Waals surface area contributed by atoms with Crippen LogP contribution in [0.3, 0.4) is 0 Å². The molecule has 0 spiro atoms. The number of benzene rings is 1. The van der Waals surface area contributed by atoms with Crippen molar-refractivity contribution in [1.29, 1.82) is 0 Å². The molecule has 0 bridgehead atoms. The van der Waals surface area contributed by atoms with E-state index in [0.29, 0.717) is 17.3 Å². The number of H-pyrrole nitrogens is 1. The van der Waals surface area contributed by atoms with Crippen molar-refractivity contribution in [2.24, 2.45) is 0 Å². The second-order valence-electron chi connectivity index (χ2n) is 6.66. The Bertz CT molecular complexity index is 1010. The largest absolute Gasteiger partial charge is 0.474 e. The van der Waals surface area contributed by atoms with Crippen LogP contribution in [0.1, 0.15) is 25.5 Å². The number of ether oxygens (including phenoxy) is 1. The van der Waals surface area contributed by atoms with Crippen molar-refractivity contribution in [3.63, 3.8) is 0 Å². The highest BCUT2D eigenvalue weighted by molar-refractivity contribution is 5.66. The summed E-state index contributed by atoms with van der Waals surface area (Å²) in [5.41, 5.74) is 0.390. The zero-order valence-electron chi connectivity index (χ0n) is 16.3. The fourth-order valence-corrected chi connectivity index (χ4v) is 2.68. The van der Waals surface area contributed by atoms with Crippen molar-refractivity contribution in [3.8, 4) is 5.88 Å². The van der Waals surface area contributed by atoms with E-state index >= 15 is 0 Å². The van der Waals surface area contributed by atoms with Gasteiger partial charge in [0.1, 0.15) is 17.5 Å². The van der Waals surface area contributed by atoms with Gasteiger partial charge in [0, 0.05) is 12.1 Å². The Balaban J connectivity index is 1.84. The summed E-state index contributed by atoms with van der Waals surface area (Å²) in [7, 11) is 0. The number of nitrogens with zero attached hydrogens (tertiary/aromatic N) is 3. The number of nitro groups is 1. The number of aromatic nitrogens is 3. The predicted octanol–water partition coefficient (Wildman–Crippen LogP) is 3.53. The number of anilines is 3. The van der Waals surface area contributed by atoms with Crippen LogP contribution in [0.2, 0.25) is 0 Å². The number of rotatable bonds is 9. The Hall–Kier alpha value is -3.73. The van der Waals surface area contributed by atoms with Crippen molar-refractivity contribution in [3.05, 3.63) is 64.0 Å². The van der Waals surface area contributed by atoms with Crippen LogP contribution in [0, 0.1) is 15.9 Å². The number of hydrogen-bond donors (Lipinski definition) is 4. The van der Waals surface area contributed by atoms with Crippen LogP contribution in [0.4, 0.5) is 27.5 Å². The fourth-order valence-electron chi connectivity index (χ4n) is 2.68. The van der Waals surface area contributed by atoms with Crippen LogP contribution in [-0.2, 0) is 0 Å². The van der Waals surface area contributed by atoms with E-state index in [1.54, 1.807) is 6.07 Å². The minimum Gasteiger partial charge on any atom is -0.474 e. The fraction of sp³-hybridized carbons (Fsp3) is 0.263. The highest BCUT2D eigenvalue weighted by atomic mass is 19.1. The Morgan fingerprint density at radius 3 is 2.63 bits per heavy atom. The summed E-state index contributed by atoms with van der Waals surface area (Å²) in [6.07, 6.45) is -0.0805. The van der Waals surface area contributed by atoms with E-state index in [1.807, 2.05) is 13.8 Å². The lowest BCUT2D eigenvalue weighted by Gasteiger charge is -2.18. The van der Waals surface area contributed by atoms with Crippen LogP contribution < -0.4 is 15.4 Å². The SMILES string of the molecule is CC(C)Oc1cc(Nc2nc(NC(CO)c3ccc(F)cc3)ccc2[N+](=O)[O-])[nH]n1. The number of pyridine rings is 1. The van der Waals surface area contributed by atoms with Gasteiger partial charge in [-0.2, -0.15) is 0 Å². The molecule has 0 aliphatic carbocycles. The molecule has 1 atom stereocenters. The van der Waals surface area contributed by atoms with Gasteiger partial charge in [-0.25, -0.2) is 9.37 Å². The number of halogens is 1. The zero-order chi connectivity index (χ0) is 21.7. The molecule has 2 heterocycles. The molecule has 0 fully saturated rings. The van der Waals surface area contributed by atoms with Crippen molar-refractivity contribution >= 4 is 23.1 Å². The number of hydrogen-bond acceptors (Lipinski definition) is 8. The molecular weight excluding hydrogens is 395 g/mol. The Morgan fingerprint density at radius 1 is 1.27 bits per heavy atom. The molecule has 0 saturated carbocycles. The molecule has 30 heavy (non-hydrogen) atoms. The van der Waals surface area contributed by atoms with E-state index in [9.17, 15) is 19.6 Å². The van der Waals surface area contributed by atoms with Crippen molar-refractivity contribution in [2.75, 3.05) is 17.2 Å². The molecule has 3 aromatic rings. The standard InChI is InChI=1S/C19H21FN6O4/c1-11(2)30-18-9-17(24-25-18)23-19-15(26(28)29)7-8-16(22-19)21-14(10-27)12-3-5-13(20)6-4-12/h3-9,11,14,27H,10H2,1-2H3,(H3,21,22,23,24,25). The number of aromatic amines is 1. The third-order valence-corrected chi connectivity index (χ3v) is 4.01. The third-order valence-electron chi connectivity index (χ3n) is 4.01. The molecule has 158 valence electrons. The quantitative estimate of drug-likeness (QED) is 0.307. The summed E-state index contributed by atoms with van der Waals surface area (Å²) in [6, 6.07) is 9.33. The first-order valence-corrected chi connectivity index (χ1v) is 9.13. The monoisotopic (exact) mass is 416 g/mol. The normalized spacial score (nSPS) is 11.9. The van der Waals surface area contributed by atoms with E-state index in [0.717, 1.165) is 0 Å². The summed E-state index contributed by atoms with van der Waals surface area (Å²) >= 11 is 0. The highest BCUT2D eigenvalue weighted by Crippen LogP contribution is 2.29. The van der Waals surface area contributed by atoms with Crippen LogP contribution in [0.15, 0.2) is 42.5 Å². The van der Waals surface area contributed by atoms with Crippen molar-refractivity contribution in [1.82, 2.24) is 15.2 Å². The maximum Gasteiger partial charge on any atom is 0.311 e. The van der Waals surface area contributed by atoms with E-state index in [-0.39, 0.29) is 30.0 Å². The van der Waals surface area contributed by atoms with Gasteiger partial charge in [0.05, 0.1) is 23.7 Å². The maximum atomic E-state index is 13.1. The first-order valence-electron chi connectivity index (χ1n) is 9.13. The molecule has 3 rings (SSSR count). The Labute approximate surface area is 171 Å². The number of aliphatic hydroxyl groups is 1. The van der Waals surface area contributed by atoms with Gasteiger partial charge in [0.25, 0.3) is 0 Å². The number of aliphatic hydroxyl groups excluding tert-OH is 1. The topological polar surface area (TPSA) is 138 Å². The molecule has 0 radical (unpaired) electrons. The lowest BCUT2D eigenvalue weighted by molar-refractivity contribution is -0.384. The average Bonchev–Trinajstić information content (AvgIpc) is 3.13. The van der Waals surface area contributed by atoms with Gasteiger partial charge >= 0.3 is 5.69 Å². The minimum absolute atomic E-state index is 0.0273. The summed E-state index contributed by atoms with van der Waals surface area (Å²) in [6.45, 7) is 3.41. The minimum atomic E-state index is -0.578. The molecule has 0 aliphatic heterocycles. The molecule has 1 unspecified atom stereocenters. The Kier molecular flexibility index (Phi) is 6.42. The second-order valence-corrected chi connectivity index (χ2v) is 6.66. The first-order chi connectivity index (χ1) is 14.4. The third kappa shape index (κ3) is 5.20. The second kappa shape index (κ2) is 9.18. The van der Waals surface area contributed by atoms with Gasteiger partial charge in [0.2, 0.25) is 11.7 Å². The van der Waals surface area contributed by atoms with Crippen LogP contribution in [-0.4, -0.2) is 37.9 Å². The van der Waals surface area contributed by atoms with Crippen LogP contribution in [0.5, 0.6) is 5.88 Å². The van der Waals surface area contributed by atoms with Crippen LogP contribution >= 0.6 is 0 Å². The molecule has 11 heteroatoms. The van der Waals surface area contributed by atoms with E-state index in [4.69, 9.17) is 4.74 Å². The summed E-state index contributed by atoms with van der Waals surface area (Å²) in [4.78, 5) is 15.1. The van der Waals surface area contributed by atoms with Gasteiger partial charge in [-0.05, 0) is 37.6 Å². The smallest absolute Gasteiger partial charge is 0.311 e. The molecule has 1 aromatic carbocycles. The van der Waals surface area contributed by atoms with E-state index in [2.05, 4.69) is 25.8 Å². The van der Waals surface area contributed by atoms with Gasteiger partial charge in [-0.15, -0.1) is 5.10 Å². The van der Waals surface area contributed by atoms with E-state index in [1.165, 1.54) is 36.4 Å². The van der Waals surface area contributed by atoms with Gasteiger partial charge in [0.15, 0.2) is 0 Å². The zero-order valence-corrected chi connectivity index (χ0v) is 16.3. The lowest BCUT2D eigenvalue weighted by Crippen LogP contribution is -2.16. The highest BCUT2D eigenvalue weighted by Gasteiger charge is 2.19. The average molecular weight is 416 g/mol. The summed E-state index contributed by atoms with van der Waals surface area (Å²) in [5.74, 6) is 0.553. The molecule has 0 amide bonds. The van der Waals surface area contributed by atoms with E-state index < -0.39 is 16.8 Å². The summed E-state index contributed by atoms with van der Waals surface area (Å²) < 4.78 is 18.6. The Morgan fingerprint density at radius 2 is 2.00 bits per heavy atom. The number of nitrogens with one attached hydrogen (secondary N) is 3. The van der Waals surface area contributed by atoms with Gasteiger partial charge in [-0.1, -0.05) is 12.1 Å². The molecule has 4 N–H and O–H groups in total. The van der Waals surface area contributed by atoms with Crippen LogP contribution in [0.25, 0.3) is 0 Å². The van der Waals surface area contributed by atoms with Gasteiger partial charge < -0.3 is 20.5 Å². The molecule has 2 aromatic heterocycles. The maximum absolute atomic E-state index is 13.1.